The lowest BCUT2D eigenvalue weighted by Crippen LogP contribution is -2.50. The van der Waals surface area contributed by atoms with Crippen molar-refractivity contribution >= 4 is 24.2 Å². The van der Waals surface area contributed by atoms with Crippen LogP contribution in [-0.2, 0) is 16.1 Å². The maximum absolute atomic E-state index is 13.6. The Kier molecular flexibility index (Phi) is 9.19. The summed E-state index contributed by atoms with van der Waals surface area (Å²) in [6, 6.07) is 4.51. The van der Waals surface area contributed by atoms with Crippen LogP contribution >= 0.6 is 12.4 Å². The molecule has 1 aromatic carbocycles. The van der Waals surface area contributed by atoms with Gasteiger partial charge in [0.15, 0.2) is 0 Å². The lowest BCUT2D eigenvalue weighted by Gasteiger charge is -2.34. The minimum atomic E-state index is -0.471. The van der Waals surface area contributed by atoms with Crippen molar-refractivity contribution in [2.24, 2.45) is 17.6 Å². The molecule has 27 heavy (non-hydrogen) atoms. The Morgan fingerprint density at radius 3 is 2.52 bits per heavy atom. The first kappa shape index (κ1) is 23.4. The molecule has 0 aliphatic carbocycles. The summed E-state index contributed by atoms with van der Waals surface area (Å²) in [7, 11) is 0. The number of aryl methyl sites for hydroxylation is 1. The van der Waals surface area contributed by atoms with Gasteiger partial charge in [0.05, 0.1) is 6.04 Å². The van der Waals surface area contributed by atoms with E-state index in [2.05, 4.69) is 5.32 Å². The monoisotopic (exact) mass is 399 g/mol. The first-order chi connectivity index (χ1) is 12.3. The third-order valence-electron chi connectivity index (χ3n) is 5.42. The van der Waals surface area contributed by atoms with Gasteiger partial charge in [0, 0.05) is 25.6 Å². The van der Waals surface area contributed by atoms with E-state index >= 15 is 0 Å². The predicted molar refractivity (Wildman–Crippen MR) is 107 cm³/mol. The van der Waals surface area contributed by atoms with E-state index in [-0.39, 0.29) is 41.9 Å². The molecule has 3 N–H and O–H groups in total. The van der Waals surface area contributed by atoms with Gasteiger partial charge >= 0.3 is 0 Å². The molecule has 2 unspecified atom stereocenters. The van der Waals surface area contributed by atoms with Gasteiger partial charge in [0.2, 0.25) is 11.8 Å². The van der Waals surface area contributed by atoms with Gasteiger partial charge in [0.25, 0.3) is 0 Å². The molecule has 0 radical (unpaired) electrons. The average molecular weight is 400 g/mol. The highest BCUT2D eigenvalue weighted by atomic mass is 35.5. The van der Waals surface area contributed by atoms with Crippen molar-refractivity contribution in [2.75, 3.05) is 13.1 Å². The highest BCUT2D eigenvalue weighted by molar-refractivity contribution is 5.85. The standard InChI is InChI=1S/C20H30FN3O2.ClH/c1-4-13(2)18(22)20(26)24-9-7-16(8-10-24)19(25)23-12-15-6-5-14(3)17(21)11-15;/h5-6,11,13,16,18H,4,7-10,12,22H2,1-3H3,(H,23,25);1H. The molecule has 0 saturated carbocycles. The van der Waals surface area contributed by atoms with Crippen molar-refractivity contribution in [3.63, 3.8) is 0 Å². The quantitative estimate of drug-likeness (QED) is 0.772. The fraction of sp³-hybridized carbons (Fsp3) is 0.600. The van der Waals surface area contributed by atoms with Crippen LogP contribution in [0.25, 0.3) is 0 Å². The van der Waals surface area contributed by atoms with E-state index in [9.17, 15) is 14.0 Å². The molecule has 1 aromatic rings. The predicted octanol–water partition coefficient (Wildman–Crippen LogP) is 2.78. The zero-order valence-electron chi connectivity index (χ0n) is 16.3. The average Bonchev–Trinajstić information content (AvgIpc) is 2.66. The van der Waals surface area contributed by atoms with Gasteiger partial charge < -0.3 is 16.0 Å². The molecule has 152 valence electrons. The Morgan fingerprint density at radius 1 is 1.33 bits per heavy atom. The molecule has 2 rings (SSSR count). The van der Waals surface area contributed by atoms with Gasteiger partial charge in [-0.25, -0.2) is 4.39 Å². The number of rotatable bonds is 6. The van der Waals surface area contributed by atoms with Crippen LogP contribution in [0.3, 0.4) is 0 Å². The number of nitrogens with zero attached hydrogens (tertiary/aromatic N) is 1. The second-order valence-corrected chi connectivity index (χ2v) is 7.31. The van der Waals surface area contributed by atoms with Crippen LogP contribution in [0.5, 0.6) is 0 Å². The molecule has 0 aromatic heterocycles. The molecule has 1 heterocycles. The molecule has 5 nitrogen and oxygen atoms in total. The normalized spacial score (nSPS) is 17.0. The SMILES string of the molecule is CCC(C)C(N)C(=O)N1CCC(C(=O)NCc2ccc(C)c(F)c2)CC1.Cl. The van der Waals surface area contributed by atoms with Crippen molar-refractivity contribution in [1.82, 2.24) is 10.2 Å². The van der Waals surface area contributed by atoms with Crippen molar-refractivity contribution in [1.29, 1.82) is 0 Å². The van der Waals surface area contributed by atoms with Gasteiger partial charge in [-0.3, -0.25) is 9.59 Å². The lowest BCUT2D eigenvalue weighted by molar-refractivity contribution is -0.137. The number of likely N-dealkylation sites (tertiary alicyclic amines) is 1. The molecule has 7 heteroatoms. The number of carbonyl (C=O) groups is 2. The fourth-order valence-corrected chi connectivity index (χ4v) is 3.15. The van der Waals surface area contributed by atoms with Crippen LogP contribution < -0.4 is 11.1 Å². The van der Waals surface area contributed by atoms with Crippen molar-refractivity contribution in [3.8, 4) is 0 Å². The van der Waals surface area contributed by atoms with E-state index in [1.54, 1.807) is 17.9 Å². The van der Waals surface area contributed by atoms with E-state index in [0.29, 0.717) is 38.0 Å². The molecule has 1 saturated heterocycles. The van der Waals surface area contributed by atoms with E-state index in [0.717, 1.165) is 12.0 Å². The van der Waals surface area contributed by atoms with Gasteiger partial charge in [-0.15, -0.1) is 12.4 Å². The summed E-state index contributed by atoms with van der Waals surface area (Å²) in [6.07, 6.45) is 2.13. The second kappa shape index (κ2) is 10.6. The number of benzene rings is 1. The smallest absolute Gasteiger partial charge is 0.239 e. The zero-order chi connectivity index (χ0) is 19.3. The van der Waals surface area contributed by atoms with Gasteiger partial charge in [-0.05, 0) is 42.9 Å². The first-order valence-electron chi connectivity index (χ1n) is 9.40. The Balaban J connectivity index is 0.00000364. The largest absolute Gasteiger partial charge is 0.352 e. The fourth-order valence-electron chi connectivity index (χ4n) is 3.15. The van der Waals surface area contributed by atoms with Gasteiger partial charge in [-0.1, -0.05) is 32.4 Å². The summed E-state index contributed by atoms with van der Waals surface area (Å²) in [6.45, 7) is 7.14. The Hall–Kier alpha value is -1.66. The number of carbonyl (C=O) groups excluding carboxylic acids is 2. The first-order valence-corrected chi connectivity index (χ1v) is 9.40. The molecule has 0 bridgehead atoms. The maximum atomic E-state index is 13.6. The molecule has 0 spiro atoms. The summed E-state index contributed by atoms with van der Waals surface area (Å²) in [5.74, 6) is -0.286. The number of hydrogen-bond donors (Lipinski definition) is 2. The Labute approximate surface area is 167 Å². The highest BCUT2D eigenvalue weighted by Gasteiger charge is 2.30. The van der Waals surface area contributed by atoms with Crippen molar-refractivity contribution in [2.45, 2.75) is 52.6 Å². The number of nitrogens with one attached hydrogen (secondary N) is 1. The van der Waals surface area contributed by atoms with Crippen LogP contribution in [-0.4, -0.2) is 35.8 Å². The molecule has 2 amide bonds. The number of nitrogens with two attached hydrogens (primary N) is 1. The number of piperidine rings is 1. The van der Waals surface area contributed by atoms with Crippen LogP contribution in [0.15, 0.2) is 18.2 Å². The minimum Gasteiger partial charge on any atom is -0.352 e. The zero-order valence-corrected chi connectivity index (χ0v) is 17.2. The number of hydrogen-bond acceptors (Lipinski definition) is 3. The topological polar surface area (TPSA) is 75.4 Å². The highest BCUT2D eigenvalue weighted by Crippen LogP contribution is 2.20. The van der Waals surface area contributed by atoms with Crippen LogP contribution in [0.4, 0.5) is 4.39 Å². The van der Waals surface area contributed by atoms with Crippen LogP contribution in [0.2, 0.25) is 0 Å². The molecular weight excluding hydrogens is 369 g/mol. The van der Waals surface area contributed by atoms with Gasteiger partial charge in [0.1, 0.15) is 5.82 Å². The number of halogens is 2. The molecule has 1 fully saturated rings. The summed E-state index contributed by atoms with van der Waals surface area (Å²) in [4.78, 5) is 26.5. The minimum absolute atomic E-state index is 0. The maximum Gasteiger partial charge on any atom is 0.239 e. The molecule has 1 aliphatic heterocycles. The molecule has 2 atom stereocenters. The summed E-state index contributed by atoms with van der Waals surface area (Å²) >= 11 is 0. The van der Waals surface area contributed by atoms with E-state index < -0.39 is 6.04 Å². The Bertz CT molecular complexity index is 648. The van der Waals surface area contributed by atoms with E-state index in [4.69, 9.17) is 5.73 Å². The van der Waals surface area contributed by atoms with E-state index in [1.807, 2.05) is 19.9 Å². The molecular formula is C20H31ClFN3O2. The van der Waals surface area contributed by atoms with Crippen LogP contribution in [0.1, 0.15) is 44.2 Å². The summed E-state index contributed by atoms with van der Waals surface area (Å²) < 4.78 is 13.6. The summed E-state index contributed by atoms with van der Waals surface area (Å²) in [5.41, 5.74) is 7.36. The van der Waals surface area contributed by atoms with Crippen molar-refractivity contribution in [3.05, 3.63) is 35.1 Å². The second-order valence-electron chi connectivity index (χ2n) is 7.31. The van der Waals surface area contributed by atoms with Gasteiger partial charge in [-0.2, -0.15) is 0 Å². The lowest BCUT2D eigenvalue weighted by atomic mass is 9.93. The third-order valence-corrected chi connectivity index (χ3v) is 5.42. The van der Waals surface area contributed by atoms with E-state index in [1.165, 1.54) is 6.07 Å². The van der Waals surface area contributed by atoms with Crippen molar-refractivity contribution < 1.29 is 14.0 Å². The number of amides is 2. The third kappa shape index (κ3) is 6.18. The Morgan fingerprint density at radius 2 is 1.96 bits per heavy atom. The molecule has 1 aliphatic rings. The summed E-state index contributed by atoms with van der Waals surface area (Å²) in [5, 5.41) is 2.88. The van der Waals surface area contributed by atoms with Crippen LogP contribution in [0, 0.1) is 24.6 Å².